The summed E-state index contributed by atoms with van der Waals surface area (Å²) in [6.07, 6.45) is 1.95. The Balaban J connectivity index is 2.28. The molecule has 2 aromatic rings. The van der Waals surface area contributed by atoms with Crippen molar-refractivity contribution in [3.8, 4) is 5.69 Å². The fourth-order valence-electron chi connectivity index (χ4n) is 1.67. The van der Waals surface area contributed by atoms with Crippen LogP contribution in [-0.4, -0.2) is 9.78 Å². The van der Waals surface area contributed by atoms with E-state index in [1.807, 2.05) is 47.3 Å². The van der Waals surface area contributed by atoms with Gasteiger partial charge in [0, 0.05) is 6.20 Å². The van der Waals surface area contributed by atoms with Crippen molar-refractivity contribution in [2.75, 3.05) is 0 Å². The van der Waals surface area contributed by atoms with Crippen molar-refractivity contribution in [3.63, 3.8) is 0 Å². The normalized spacial score (nSPS) is 13.6. The number of hydrogen-bond donors (Lipinski definition) is 1. The summed E-state index contributed by atoms with van der Waals surface area (Å²) < 4.78 is 1.86. The lowest BCUT2D eigenvalue weighted by Crippen LogP contribution is -2.26. The molecule has 0 aliphatic heterocycles. The molecule has 90 valence electrons. The van der Waals surface area contributed by atoms with Crippen molar-refractivity contribution >= 4 is 0 Å². The summed E-state index contributed by atoms with van der Waals surface area (Å²) in [7, 11) is 0. The van der Waals surface area contributed by atoms with Crippen LogP contribution in [0.1, 0.15) is 32.5 Å². The smallest absolute Gasteiger partial charge is 0.0801 e. The molecule has 2 rings (SSSR count). The zero-order chi connectivity index (χ0) is 12.5. The second kappa shape index (κ2) is 4.34. The topological polar surface area (TPSA) is 43.8 Å². The van der Waals surface area contributed by atoms with Crippen molar-refractivity contribution in [2.24, 2.45) is 11.1 Å². The molecule has 3 nitrogen and oxygen atoms in total. The first-order valence-electron chi connectivity index (χ1n) is 5.85. The molecule has 1 aromatic heterocycles. The third-order valence-corrected chi connectivity index (χ3v) is 2.88. The van der Waals surface area contributed by atoms with Crippen molar-refractivity contribution in [2.45, 2.75) is 26.8 Å². The monoisotopic (exact) mass is 229 g/mol. The van der Waals surface area contributed by atoms with Crippen LogP contribution in [0.25, 0.3) is 5.69 Å². The zero-order valence-electron chi connectivity index (χ0n) is 10.6. The Hall–Kier alpha value is -1.61. The SMILES string of the molecule is CC(C)(C)C(N)c1ccn(-c2ccccc2)n1. The lowest BCUT2D eigenvalue weighted by Gasteiger charge is -2.25. The number of nitrogens with zero attached hydrogens (tertiary/aromatic N) is 2. The number of rotatable bonds is 2. The van der Waals surface area contributed by atoms with Crippen LogP contribution in [0.5, 0.6) is 0 Å². The van der Waals surface area contributed by atoms with Crippen LogP contribution in [0.4, 0.5) is 0 Å². The first-order chi connectivity index (χ1) is 7.98. The molecule has 0 spiro atoms. The molecule has 0 bridgehead atoms. The summed E-state index contributed by atoms with van der Waals surface area (Å²) in [5, 5.41) is 4.54. The second-order valence-corrected chi connectivity index (χ2v) is 5.36. The Morgan fingerprint density at radius 2 is 1.76 bits per heavy atom. The summed E-state index contributed by atoms with van der Waals surface area (Å²) in [6, 6.07) is 12.0. The van der Waals surface area contributed by atoms with E-state index in [1.165, 1.54) is 0 Å². The molecule has 0 saturated carbocycles. The van der Waals surface area contributed by atoms with Gasteiger partial charge in [0.15, 0.2) is 0 Å². The Bertz CT molecular complexity index is 480. The Kier molecular flexibility index (Phi) is 3.03. The van der Waals surface area contributed by atoms with E-state index in [-0.39, 0.29) is 11.5 Å². The van der Waals surface area contributed by atoms with Gasteiger partial charge in [-0.3, -0.25) is 0 Å². The highest BCUT2D eigenvalue weighted by atomic mass is 15.3. The second-order valence-electron chi connectivity index (χ2n) is 5.36. The standard InChI is InChI=1S/C14H19N3/c1-14(2,3)13(15)12-9-10-17(16-12)11-7-5-4-6-8-11/h4-10,13H,15H2,1-3H3. The number of benzene rings is 1. The lowest BCUT2D eigenvalue weighted by molar-refractivity contribution is 0.320. The molecule has 0 amide bonds. The summed E-state index contributed by atoms with van der Waals surface area (Å²) >= 11 is 0. The highest BCUT2D eigenvalue weighted by Crippen LogP contribution is 2.29. The van der Waals surface area contributed by atoms with Crippen LogP contribution in [0.15, 0.2) is 42.6 Å². The van der Waals surface area contributed by atoms with Crippen molar-refractivity contribution < 1.29 is 0 Å². The quantitative estimate of drug-likeness (QED) is 0.860. The molecule has 0 aliphatic rings. The average Bonchev–Trinajstić information content (AvgIpc) is 2.77. The van der Waals surface area contributed by atoms with E-state index in [4.69, 9.17) is 5.73 Å². The molecule has 1 atom stereocenters. The van der Waals surface area contributed by atoms with Gasteiger partial charge in [-0.05, 0) is 23.6 Å². The minimum Gasteiger partial charge on any atom is -0.322 e. The van der Waals surface area contributed by atoms with Gasteiger partial charge < -0.3 is 5.73 Å². The zero-order valence-corrected chi connectivity index (χ0v) is 10.6. The summed E-state index contributed by atoms with van der Waals surface area (Å²) in [5.41, 5.74) is 8.20. The third-order valence-electron chi connectivity index (χ3n) is 2.88. The van der Waals surface area contributed by atoms with Crippen LogP contribution in [0, 0.1) is 5.41 Å². The van der Waals surface area contributed by atoms with Crippen LogP contribution in [0.2, 0.25) is 0 Å². The van der Waals surface area contributed by atoms with Crippen LogP contribution < -0.4 is 5.73 Å². The van der Waals surface area contributed by atoms with Crippen molar-refractivity contribution in [1.29, 1.82) is 0 Å². The van der Waals surface area contributed by atoms with Gasteiger partial charge in [-0.15, -0.1) is 0 Å². The van der Waals surface area contributed by atoms with Crippen molar-refractivity contribution in [1.82, 2.24) is 9.78 Å². The maximum atomic E-state index is 6.19. The third kappa shape index (κ3) is 2.56. The van der Waals surface area contributed by atoms with Gasteiger partial charge in [0.05, 0.1) is 17.4 Å². The summed E-state index contributed by atoms with van der Waals surface area (Å²) in [6.45, 7) is 6.37. The van der Waals surface area contributed by atoms with Crippen LogP contribution >= 0.6 is 0 Å². The summed E-state index contributed by atoms with van der Waals surface area (Å²) in [5.74, 6) is 0. The van der Waals surface area contributed by atoms with Crippen LogP contribution in [-0.2, 0) is 0 Å². The predicted octanol–water partition coefficient (Wildman–Crippen LogP) is 2.92. The molecule has 1 heterocycles. The van der Waals surface area contributed by atoms with Crippen molar-refractivity contribution in [3.05, 3.63) is 48.3 Å². The fourth-order valence-corrected chi connectivity index (χ4v) is 1.67. The molecule has 1 unspecified atom stereocenters. The molecule has 0 saturated heterocycles. The molecular formula is C14H19N3. The molecular weight excluding hydrogens is 210 g/mol. The van der Waals surface area contributed by atoms with Gasteiger partial charge >= 0.3 is 0 Å². The molecule has 0 aliphatic carbocycles. The van der Waals surface area contributed by atoms with E-state index in [0.717, 1.165) is 11.4 Å². The van der Waals surface area contributed by atoms with Gasteiger partial charge in [0.2, 0.25) is 0 Å². The van der Waals surface area contributed by atoms with E-state index in [9.17, 15) is 0 Å². The predicted molar refractivity (Wildman–Crippen MR) is 69.9 cm³/mol. The number of para-hydroxylation sites is 1. The van der Waals surface area contributed by atoms with Gasteiger partial charge in [0.25, 0.3) is 0 Å². The Morgan fingerprint density at radius 1 is 1.12 bits per heavy atom. The first kappa shape index (κ1) is 11.9. The van der Waals surface area contributed by atoms with Gasteiger partial charge in [-0.1, -0.05) is 39.0 Å². The van der Waals surface area contributed by atoms with E-state index in [2.05, 4.69) is 25.9 Å². The van der Waals surface area contributed by atoms with E-state index in [0.29, 0.717) is 0 Å². The molecule has 2 N–H and O–H groups in total. The fraction of sp³-hybridized carbons (Fsp3) is 0.357. The van der Waals surface area contributed by atoms with E-state index in [1.54, 1.807) is 0 Å². The van der Waals surface area contributed by atoms with Crippen LogP contribution in [0.3, 0.4) is 0 Å². The average molecular weight is 229 g/mol. The molecule has 3 heteroatoms. The minimum atomic E-state index is -0.0486. The summed E-state index contributed by atoms with van der Waals surface area (Å²) in [4.78, 5) is 0. The Morgan fingerprint density at radius 3 is 2.35 bits per heavy atom. The van der Waals surface area contributed by atoms with Gasteiger partial charge in [0.1, 0.15) is 0 Å². The maximum Gasteiger partial charge on any atom is 0.0801 e. The van der Waals surface area contributed by atoms with E-state index >= 15 is 0 Å². The largest absolute Gasteiger partial charge is 0.322 e. The minimum absolute atomic E-state index is 0.0237. The Labute approximate surface area is 102 Å². The molecule has 0 radical (unpaired) electrons. The van der Waals surface area contributed by atoms with Gasteiger partial charge in [-0.2, -0.15) is 5.10 Å². The lowest BCUT2D eigenvalue weighted by atomic mass is 9.86. The molecule has 1 aromatic carbocycles. The number of nitrogens with two attached hydrogens (primary N) is 1. The van der Waals surface area contributed by atoms with Gasteiger partial charge in [-0.25, -0.2) is 4.68 Å². The highest BCUT2D eigenvalue weighted by Gasteiger charge is 2.24. The first-order valence-corrected chi connectivity index (χ1v) is 5.85. The number of aromatic nitrogens is 2. The maximum absolute atomic E-state index is 6.19. The highest BCUT2D eigenvalue weighted by molar-refractivity contribution is 5.30. The molecule has 17 heavy (non-hydrogen) atoms. The van der Waals surface area contributed by atoms with E-state index < -0.39 is 0 Å². The molecule has 0 fully saturated rings. The number of hydrogen-bond acceptors (Lipinski definition) is 2.